The third-order valence-corrected chi connectivity index (χ3v) is 5.52. The van der Waals surface area contributed by atoms with Gasteiger partial charge in [-0.25, -0.2) is 4.79 Å². The van der Waals surface area contributed by atoms with Crippen molar-refractivity contribution >= 4 is 12.4 Å². The van der Waals surface area contributed by atoms with E-state index in [1.165, 1.54) is 0 Å². The Balaban J connectivity index is 0.000000271. The average Bonchev–Trinajstić information content (AvgIpc) is 3.37. The second kappa shape index (κ2) is 15.2. The topological polar surface area (TPSA) is 86.3 Å². The van der Waals surface area contributed by atoms with Crippen molar-refractivity contribution in [2.24, 2.45) is 0 Å². The molecule has 1 unspecified atom stereocenters. The summed E-state index contributed by atoms with van der Waals surface area (Å²) in [6, 6.07) is 19.2. The number of nitrogens with one attached hydrogen (secondary N) is 1. The number of rotatable bonds is 10. The van der Waals surface area contributed by atoms with Crippen molar-refractivity contribution < 1.29 is 28.5 Å². The summed E-state index contributed by atoms with van der Waals surface area (Å²) in [7, 11) is 0. The normalized spacial score (nSPS) is 20.1. The van der Waals surface area contributed by atoms with Gasteiger partial charge in [0.2, 0.25) is 0 Å². The molecular formula is C26H34N2O6. The molecule has 8 nitrogen and oxygen atoms in total. The highest BCUT2D eigenvalue weighted by atomic mass is 16.7. The highest BCUT2D eigenvalue weighted by molar-refractivity contribution is 5.75. The number of carbonyl (C=O) groups excluding carboxylic acids is 2. The molecule has 2 aliphatic rings. The van der Waals surface area contributed by atoms with Crippen molar-refractivity contribution in [3.63, 3.8) is 0 Å². The zero-order valence-corrected chi connectivity index (χ0v) is 19.5. The van der Waals surface area contributed by atoms with Gasteiger partial charge in [-0.15, -0.1) is 0 Å². The van der Waals surface area contributed by atoms with Gasteiger partial charge in [-0.05, 0) is 30.5 Å². The molecule has 2 atom stereocenters. The molecule has 8 heteroatoms. The molecule has 2 heterocycles. The lowest BCUT2D eigenvalue weighted by molar-refractivity contribution is -0.158. The molecule has 2 aromatic rings. The Kier molecular flexibility index (Phi) is 11.5. The van der Waals surface area contributed by atoms with E-state index in [9.17, 15) is 9.59 Å². The van der Waals surface area contributed by atoms with Crippen molar-refractivity contribution in [2.75, 3.05) is 39.3 Å². The van der Waals surface area contributed by atoms with Gasteiger partial charge in [-0.3, -0.25) is 4.79 Å². The van der Waals surface area contributed by atoms with Crippen molar-refractivity contribution in [2.45, 2.75) is 38.4 Å². The molecule has 34 heavy (non-hydrogen) atoms. The second-order valence-corrected chi connectivity index (χ2v) is 8.11. The second-order valence-electron chi connectivity index (χ2n) is 8.11. The Morgan fingerprint density at radius 1 is 1.00 bits per heavy atom. The third-order valence-electron chi connectivity index (χ3n) is 5.52. The van der Waals surface area contributed by atoms with Crippen LogP contribution in [0.4, 0.5) is 0 Å². The number of piperazine rings is 1. The largest absolute Gasteiger partial charge is 0.463 e. The molecule has 0 aliphatic carbocycles. The summed E-state index contributed by atoms with van der Waals surface area (Å²) < 4.78 is 21.1. The number of nitrogens with zero attached hydrogens (tertiary/aromatic N) is 1. The highest BCUT2D eigenvalue weighted by Gasteiger charge is 2.32. The molecule has 2 fully saturated rings. The number of esters is 1. The Bertz CT molecular complexity index is 830. The molecule has 0 spiro atoms. The molecule has 2 aliphatic heterocycles. The Morgan fingerprint density at radius 2 is 1.65 bits per heavy atom. The molecule has 0 radical (unpaired) electrons. The number of carbonyl (C=O) groups is 2. The average molecular weight is 471 g/mol. The molecule has 0 aromatic heterocycles. The van der Waals surface area contributed by atoms with Crippen LogP contribution in [0, 0.1) is 0 Å². The third kappa shape index (κ3) is 9.61. The van der Waals surface area contributed by atoms with E-state index in [4.69, 9.17) is 14.2 Å². The summed E-state index contributed by atoms with van der Waals surface area (Å²) in [5.74, 6) is -0.344. The molecule has 0 bridgehead atoms. The van der Waals surface area contributed by atoms with Gasteiger partial charge in [-0.2, -0.15) is 0 Å². The van der Waals surface area contributed by atoms with E-state index >= 15 is 0 Å². The fraction of sp³-hybridized carbons (Fsp3) is 0.462. The monoisotopic (exact) mass is 470 g/mol. The lowest BCUT2D eigenvalue weighted by Gasteiger charge is -2.27. The first-order valence-corrected chi connectivity index (χ1v) is 11.7. The van der Waals surface area contributed by atoms with Gasteiger partial charge in [0, 0.05) is 26.2 Å². The number of hydrogen-bond acceptors (Lipinski definition) is 8. The first-order valence-electron chi connectivity index (χ1n) is 11.7. The van der Waals surface area contributed by atoms with Crippen LogP contribution in [0.2, 0.25) is 0 Å². The molecule has 184 valence electrons. The molecule has 2 aromatic carbocycles. The van der Waals surface area contributed by atoms with E-state index < -0.39 is 6.10 Å². The Labute approximate surface area is 201 Å². The van der Waals surface area contributed by atoms with Crippen molar-refractivity contribution in [1.82, 2.24) is 10.2 Å². The van der Waals surface area contributed by atoms with Crippen molar-refractivity contribution in [3.8, 4) is 0 Å². The van der Waals surface area contributed by atoms with Gasteiger partial charge in [0.15, 0.2) is 12.4 Å². The van der Waals surface area contributed by atoms with Crippen LogP contribution in [-0.4, -0.2) is 69.1 Å². The fourth-order valence-corrected chi connectivity index (χ4v) is 3.67. The van der Waals surface area contributed by atoms with Gasteiger partial charge in [0.1, 0.15) is 13.2 Å². The van der Waals surface area contributed by atoms with Gasteiger partial charge < -0.3 is 29.2 Å². The summed E-state index contributed by atoms with van der Waals surface area (Å²) in [5.41, 5.74) is 1.98. The van der Waals surface area contributed by atoms with Crippen LogP contribution >= 0.6 is 0 Å². The zero-order valence-electron chi connectivity index (χ0n) is 19.5. The van der Waals surface area contributed by atoms with Gasteiger partial charge in [0.05, 0.1) is 6.61 Å². The predicted octanol–water partition coefficient (Wildman–Crippen LogP) is 2.52. The lowest BCUT2D eigenvalue weighted by atomic mass is 10.2. The fourth-order valence-electron chi connectivity index (χ4n) is 3.67. The molecule has 2 saturated heterocycles. The summed E-state index contributed by atoms with van der Waals surface area (Å²) in [6.07, 6.45) is 0.933. The van der Waals surface area contributed by atoms with Crippen LogP contribution in [0.5, 0.6) is 0 Å². The number of hydrogen-bond donors (Lipinski definition) is 1. The first-order chi connectivity index (χ1) is 16.7. The maximum Gasteiger partial charge on any atom is 0.338 e. The van der Waals surface area contributed by atoms with Crippen molar-refractivity contribution in [3.05, 3.63) is 71.8 Å². The quantitative estimate of drug-likeness (QED) is 0.419. The minimum Gasteiger partial charge on any atom is -0.463 e. The first kappa shape index (κ1) is 25.8. The highest BCUT2D eigenvalue weighted by Crippen LogP contribution is 2.18. The summed E-state index contributed by atoms with van der Waals surface area (Å²) in [6.45, 7) is 6.74. The minimum atomic E-state index is -0.599. The van der Waals surface area contributed by atoms with Crippen LogP contribution in [0.1, 0.15) is 24.0 Å². The van der Waals surface area contributed by atoms with Crippen molar-refractivity contribution in [1.29, 1.82) is 0 Å². The summed E-state index contributed by atoms with van der Waals surface area (Å²) >= 11 is 0. The molecule has 1 N–H and O–H groups in total. The smallest absolute Gasteiger partial charge is 0.338 e. The van der Waals surface area contributed by atoms with E-state index in [1.54, 1.807) is 0 Å². The molecule has 4 rings (SSSR count). The minimum absolute atomic E-state index is 0.271. The van der Waals surface area contributed by atoms with Crippen LogP contribution in [-0.2, 0) is 41.8 Å². The lowest BCUT2D eigenvalue weighted by Crippen LogP contribution is -2.43. The van der Waals surface area contributed by atoms with Gasteiger partial charge in [0.25, 0.3) is 6.47 Å². The Morgan fingerprint density at radius 3 is 2.29 bits per heavy atom. The van der Waals surface area contributed by atoms with Gasteiger partial charge in [-0.1, -0.05) is 60.7 Å². The Hall–Kier alpha value is -2.78. The van der Waals surface area contributed by atoms with Crippen LogP contribution in [0.3, 0.4) is 0 Å². The SMILES string of the molecule is O=C(OCc1ccccc1)[C@H]1COC(CCCN2CCNCC2)O1.O=COCc1ccccc1. The van der Waals surface area contributed by atoms with E-state index in [0.717, 1.165) is 56.7 Å². The van der Waals surface area contributed by atoms with Gasteiger partial charge >= 0.3 is 5.97 Å². The predicted molar refractivity (Wildman–Crippen MR) is 127 cm³/mol. The maximum absolute atomic E-state index is 12.0. The van der Waals surface area contributed by atoms with E-state index in [0.29, 0.717) is 13.1 Å². The maximum atomic E-state index is 12.0. The van der Waals surface area contributed by atoms with Crippen LogP contribution in [0.25, 0.3) is 0 Å². The number of ether oxygens (including phenoxy) is 4. The zero-order chi connectivity index (χ0) is 23.8. The van der Waals surface area contributed by atoms with Crippen LogP contribution in [0.15, 0.2) is 60.7 Å². The summed E-state index contributed by atoms with van der Waals surface area (Å²) in [5, 5.41) is 3.35. The standard InChI is InChI=1S/C18H26N2O4.C8H8O2/c21-18(23-13-15-5-2-1-3-6-15)16-14-22-17(24-16)7-4-10-20-11-8-19-9-12-20;9-7-10-6-8-4-2-1-3-5-8/h1-3,5-6,16-17,19H,4,7-14H2;1-5,7H,6H2/t16-,17?;/m1./s1. The molecule has 0 saturated carbocycles. The van der Waals surface area contributed by atoms with E-state index in [2.05, 4.69) is 15.0 Å². The molecule has 0 amide bonds. The van der Waals surface area contributed by atoms with Crippen LogP contribution < -0.4 is 5.32 Å². The van der Waals surface area contributed by atoms with E-state index in [-0.39, 0.29) is 25.5 Å². The number of benzene rings is 2. The molecular weight excluding hydrogens is 436 g/mol. The summed E-state index contributed by atoms with van der Waals surface area (Å²) in [4.78, 5) is 24.2. The van der Waals surface area contributed by atoms with E-state index in [1.807, 2.05) is 60.7 Å².